The maximum absolute atomic E-state index is 13.0. The van der Waals surface area contributed by atoms with Gasteiger partial charge in [0.05, 0.1) is 18.7 Å². The fourth-order valence-electron chi connectivity index (χ4n) is 3.48. The van der Waals surface area contributed by atoms with E-state index in [1.54, 1.807) is 41.3 Å². The molecule has 2 heterocycles. The highest BCUT2D eigenvalue weighted by atomic mass is 35.5. The van der Waals surface area contributed by atoms with Crippen molar-refractivity contribution in [2.24, 2.45) is 0 Å². The second-order valence-corrected chi connectivity index (χ2v) is 7.99. The number of halogens is 1. The van der Waals surface area contributed by atoms with E-state index in [-0.39, 0.29) is 30.8 Å². The van der Waals surface area contributed by atoms with Crippen LogP contribution in [0.4, 0.5) is 5.69 Å². The molecule has 0 saturated heterocycles. The van der Waals surface area contributed by atoms with Crippen LogP contribution < -0.4 is 10.1 Å². The number of ether oxygens (including phenoxy) is 1. The lowest BCUT2D eigenvalue weighted by molar-refractivity contribution is -0.138. The van der Waals surface area contributed by atoms with Gasteiger partial charge in [0.15, 0.2) is 6.10 Å². The zero-order chi connectivity index (χ0) is 21.4. The lowest BCUT2D eigenvalue weighted by Gasteiger charge is -2.27. The molecule has 1 aromatic heterocycles. The number of anilines is 1. The standard InChI is InChI=1S/C22H19ClN4O4/c23-14-7-5-13(6-8-14)22-26-25-19(31-22)12-27(15-9-10-15)20(28)11-18-21(29)24-16-3-1-2-4-17(16)30-18/h1-8,15,18H,9-12H2,(H,24,29)/t18-/m1/s1. The summed E-state index contributed by atoms with van der Waals surface area (Å²) in [7, 11) is 0. The molecule has 2 aromatic carbocycles. The van der Waals surface area contributed by atoms with Crippen molar-refractivity contribution in [3.63, 3.8) is 0 Å². The topological polar surface area (TPSA) is 97.6 Å². The molecule has 3 aromatic rings. The number of nitrogens with one attached hydrogen (secondary N) is 1. The Balaban J connectivity index is 1.28. The van der Waals surface area contributed by atoms with Crippen LogP contribution in [0.25, 0.3) is 11.5 Å². The van der Waals surface area contributed by atoms with E-state index in [1.165, 1.54) is 0 Å². The molecule has 2 amide bonds. The van der Waals surface area contributed by atoms with Crippen LogP contribution in [0.5, 0.6) is 5.75 Å². The van der Waals surface area contributed by atoms with E-state index in [1.807, 2.05) is 12.1 Å². The first-order valence-electron chi connectivity index (χ1n) is 10.0. The summed E-state index contributed by atoms with van der Waals surface area (Å²) in [6.45, 7) is 0.189. The first-order valence-corrected chi connectivity index (χ1v) is 10.4. The maximum Gasteiger partial charge on any atom is 0.266 e. The maximum atomic E-state index is 13.0. The monoisotopic (exact) mass is 438 g/mol. The zero-order valence-electron chi connectivity index (χ0n) is 16.5. The van der Waals surface area contributed by atoms with Gasteiger partial charge in [-0.1, -0.05) is 23.7 Å². The van der Waals surface area contributed by atoms with Crippen molar-refractivity contribution in [1.29, 1.82) is 0 Å². The van der Waals surface area contributed by atoms with E-state index in [9.17, 15) is 9.59 Å². The zero-order valence-corrected chi connectivity index (χ0v) is 17.2. The molecule has 1 fully saturated rings. The minimum Gasteiger partial charge on any atom is -0.478 e. The fourth-order valence-corrected chi connectivity index (χ4v) is 3.61. The van der Waals surface area contributed by atoms with Gasteiger partial charge >= 0.3 is 0 Å². The van der Waals surface area contributed by atoms with Crippen molar-refractivity contribution in [2.45, 2.75) is 38.0 Å². The summed E-state index contributed by atoms with van der Waals surface area (Å²) in [4.78, 5) is 27.1. The Labute approximate surface area is 183 Å². The number of amides is 2. The molecule has 0 radical (unpaired) electrons. The molecule has 8 nitrogen and oxygen atoms in total. The molecule has 0 bridgehead atoms. The van der Waals surface area contributed by atoms with Crippen molar-refractivity contribution in [3.05, 3.63) is 59.4 Å². The highest BCUT2D eigenvalue weighted by Crippen LogP contribution is 2.32. The summed E-state index contributed by atoms with van der Waals surface area (Å²) in [6, 6.07) is 14.3. The van der Waals surface area contributed by atoms with E-state index in [2.05, 4.69) is 15.5 Å². The molecule has 5 rings (SSSR count). The number of hydrogen-bond donors (Lipinski definition) is 1. The predicted molar refractivity (Wildman–Crippen MR) is 112 cm³/mol. The molecule has 1 aliphatic carbocycles. The van der Waals surface area contributed by atoms with Crippen LogP contribution in [0.1, 0.15) is 25.2 Å². The number of carbonyl (C=O) groups excluding carboxylic acids is 2. The second kappa shape index (κ2) is 8.03. The molecular weight excluding hydrogens is 420 g/mol. The lowest BCUT2D eigenvalue weighted by atomic mass is 10.1. The van der Waals surface area contributed by atoms with Crippen LogP contribution in [0.15, 0.2) is 52.9 Å². The predicted octanol–water partition coefficient (Wildman–Crippen LogP) is 3.67. The van der Waals surface area contributed by atoms with Gasteiger partial charge in [-0.3, -0.25) is 9.59 Å². The molecule has 1 aliphatic heterocycles. The summed E-state index contributed by atoms with van der Waals surface area (Å²) in [5.74, 6) is 0.743. The van der Waals surface area contributed by atoms with Crippen LogP contribution in [-0.2, 0) is 16.1 Å². The molecule has 9 heteroatoms. The summed E-state index contributed by atoms with van der Waals surface area (Å²) in [6.07, 6.45) is 0.875. The summed E-state index contributed by atoms with van der Waals surface area (Å²) >= 11 is 5.92. The van der Waals surface area contributed by atoms with Gasteiger partial charge in [0.25, 0.3) is 5.91 Å². The summed E-state index contributed by atoms with van der Waals surface area (Å²) < 4.78 is 11.5. The third-order valence-corrected chi connectivity index (χ3v) is 5.49. The molecule has 2 aliphatic rings. The molecule has 0 unspecified atom stereocenters. The third-order valence-electron chi connectivity index (χ3n) is 5.24. The highest BCUT2D eigenvalue weighted by molar-refractivity contribution is 6.30. The van der Waals surface area contributed by atoms with Gasteiger partial charge in [0.2, 0.25) is 17.7 Å². The SMILES string of the molecule is O=C1Nc2ccccc2O[C@@H]1CC(=O)N(Cc1nnc(-c2ccc(Cl)cc2)o1)C1CC1. The molecule has 158 valence electrons. The fraction of sp³-hybridized carbons (Fsp3) is 0.273. The van der Waals surface area contributed by atoms with E-state index in [0.717, 1.165) is 18.4 Å². The van der Waals surface area contributed by atoms with Crippen molar-refractivity contribution < 1.29 is 18.7 Å². The minimum absolute atomic E-state index is 0.0607. The molecule has 1 atom stereocenters. The quantitative estimate of drug-likeness (QED) is 0.630. The van der Waals surface area contributed by atoms with Gasteiger partial charge in [-0.25, -0.2) is 0 Å². The van der Waals surface area contributed by atoms with Crippen molar-refractivity contribution in [3.8, 4) is 17.2 Å². The number of nitrogens with zero attached hydrogens (tertiary/aromatic N) is 3. The first kappa shape index (κ1) is 19.6. The Bertz CT molecular complexity index is 1130. The Morgan fingerprint density at radius 3 is 2.68 bits per heavy atom. The number of rotatable bonds is 6. The third kappa shape index (κ3) is 4.25. The molecular formula is C22H19ClN4O4. The number of carbonyl (C=O) groups is 2. The molecule has 1 saturated carbocycles. The van der Waals surface area contributed by atoms with E-state index < -0.39 is 6.10 Å². The van der Waals surface area contributed by atoms with Crippen LogP contribution in [0.3, 0.4) is 0 Å². The summed E-state index contributed by atoms with van der Waals surface area (Å²) in [5, 5.41) is 11.6. The average Bonchev–Trinajstić information content (AvgIpc) is 3.50. The first-order chi connectivity index (χ1) is 15.1. The minimum atomic E-state index is -0.879. The van der Waals surface area contributed by atoms with Crippen molar-refractivity contribution in [1.82, 2.24) is 15.1 Å². The number of fused-ring (bicyclic) bond motifs is 1. The van der Waals surface area contributed by atoms with Gasteiger partial charge < -0.3 is 19.4 Å². The van der Waals surface area contributed by atoms with Crippen LogP contribution >= 0.6 is 11.6 Å². The van der Waals surface area contributed by atoms with Crippen LogP contribution in [-0.4, -0.2) is 39.1 Å². The molecule has 0 spiro atoms. The highest BCUT2D eigenvalue weighted by Gasteiger charge is 2.37. The number of hydrogen-bond acceptors (Lipinski definition) is 6. The van der Waals surface area contributed by atoms with Crippen LogP contribution in [0, 0.1) is 0 Å². The van der Waals surface area contributed by atoms with Crippen LogP contribution in [0.2, 0.25) is 5.02 Å². The Kier molecular flexibility index (Phi) is 5.07. The molecule has 31 heavy (non-hydrogen) atoms. The van der Waals surface area contributed by atoms with Gasteiger partial charge in [-0.2, -0.15) is 0 Å². The Morgan fingerprint density at radius 2 is 1.90 bits per heavy atom. The number of aromatic nitrogens is 2. The second-order valence-electron chi connectivity index (χ2n) is 7.56. The van der Waals surface area contributed by atoms with Gasteiger partial charge in [-0.05, 0) is 49.2 Å². The van der Waals surface area contributed by atoms with E-state index in [0.29, 0.717) is 28.2 Å². The average molecular weight is 439 g/mol. The summed E-state index contributed by atoms with van der Waals surface area (Å²) in [5.41, 5.74) is 1.36. The smallest absolute Gasteiger partial charge is 0.266 e. The normalized spacial score (nSPS) is 17.5. The lowest BCUT2D eigenvalue weighted by Crippen LogP contribution is -2.42. The van der Waals surface area contributed by atoms with Gasteiger partial charge in [0.1, 0.15) is 5.75 Å². The van der Waals surface area contributed by atoms with E-state index >= 15 is 0 Å². The van der Waals surface area contributed by atoms with Crippen molar-refractivity contribution in [2.75, 3.05) is 5.32 Å². The Morgan fingerprint density at radius 1 is 1.13 bits per heavy atom. The van der Waals surface area contributed by atoms with E-state index in [4.69, 9.17) is 20.8 Å². The number of benzene rings is 2. The Hall–Kier alpha value is -3.39. The largest absolute Gasteiger partial charge is 0.478 e. The van der Waals surface area contributed by atoms with Crippen molar-refractivity contribution >= 4 is 29.1 Å². The van der Waals surface area contributed by atoms with Gasteiger partial charge in [-0.15, -0.1) is 10.2 Å². The molecule has 1 N–H and O–H groups in total. The number of para-hydroxylation sites is 2. The van der Waals surface area contributed by atoms with Gasteiger partial charge in [0, 0.05) is 16.6 Å².